The molecule has 4 rings (SSSR count). The smallest absolute Gasteiger partial charge is 0.282 e. The van der Waals surface area contributed by atoms with Gasteiger partial charge >= 0.3 is 0 Å². The van der Waals surface area contributed by atoms with Crippen molar-refractivity contribution < 1.29 is 17.2 Å². The van der Waals surface area contributed by atoms with Gasteiger partial charge in [0.2, 0.25) is 0 Å². The van der Waals surface area contributed by atoms with E-state index in [1.165, 1.54) is 16.8 Å². The van der Waals surface area contributed by atoms with E-state index in [0.29, 0.717) is 28.1 Å². The molecular weight excluding hydrogens is 444 g/mol. The highest BCUT2D eigenvalue weighted by Crippen LogP contribution is 2.41. The van der Waals surface area contributed by atoms with Crippen molar-refractivity contribution in [3.63, 3.8) is 0 Å². The van der Waals surface area contributed by atoms with Crippen LogP contribution in [0.2, 0.25) is 0 Å². The molecule has 1 heterocycles. The van der Waals surface area contributed by atoms with Gasteiger partial charge in [-0.25, -0.2) is 21.9 Å². The number of rotatable bonds is 6. The van der Waals surface area contributed by atoms with Crippen molar-refractivity contribution in [1.29, 1.82) is 0 Å². The first-order chi connectivity index (χ1) is 15.7. The van der Waals surface area contributed by atoms with Crippen molar-refractivity contribution in [2.45, 2.75) is 11.3 Å². The molecule has 0 aliphatic heterocycles. The molecule has 33 heavy (non-hydrogen) atoms. The highest BCUT2D eigenvalue weighted by molar-refractivity contribution is 7.90. The summed E-state index contributed by atoms with van der Waals surface area (Å²) in [6.45, 7) is 0. The fourth-order valence-electron chi connectivity index (χ4n) is 3.68. The third kappa shape index (κ3) is 4.52. The summed E-state index contributed by atoms with van der Waals surface area (Å²) in [6.07, 6.45) is -1.67. The summed E-state index contributed by atoms with van der Waals surface area (Å²) >= 11 is 0. The molecule has 0 atom stereocenters. The Hall–Kier alpha value is -3.52. The van der Waals surface area contributed by atoms with Crippen LogP contribution in [0.1, 0.15) is 12.1 Å². The predicted molar refractivity (Wildman–Crippen MR) is 127 cm³/mol. The number of alkyl halides is 2. The van der Waals surface area contributed by atoms with E-state index in [0.717, 1.165) is 11.9 Å². The zero-order valence-electron chi connectivity index (χ0n) is 18.4. The largest absolute Gasteiger partial charge is 0.378 e. The van der Waals surface area contributed by atoms with Crippen molar-refractivity contribution in [2.24, 2.45) is 0 Å². The summed E-state index contributed by atoms with van der Waals surface area (Å²) in [7, 11) is 0.415. The van der Waals surface area contributed by atoms with E-state index in [2.05, 4.69) is 5.10 Å². The topological polar surface area (TPSA) is 55.2 Å². The van der Waals surface area contributed by atoms with Crippen molar-refractivity contribution in [3.8, 4) is 28.1 Å². The van der Waals surface area contributed by atoms with E-state index < -0.39 is 16.3 Å². The number of para-hydroxylation sites is 1. The third-order valence-electron chi connectivity index (χ3n) is 5.35. The molecule has 4 aromatic rings. The van der Waals surface area contributed by atoms with Crippen molar-refractivity contribution in [2.75, 3.05) is 25.3 Å². The summed E-state index contributed by atoms with van der Waals surface area (Å²) < 4.78 is 53.7. The molecule has 0 aliphatic rings. The number of nitrogens with zero attached hydrogens (tertiary/aromatic N) is 3. The molecule has 0 bridgehead atoms. The van der Waals surface area contributed by atoms with Gasteiger partial charge in [-0.1, -0.05) is 42.5 Å². The number of anilines is 1. The summed E-state index contributed by atoms with van der Waals surface area (Å²) in [6, 6.07) is 22.5. The standard InChI is InChI=1S/C25H23F2N3O2S/c1-29(2)19-13-9-17(10-14-19)22-23(25(26)27)28-30(20-7-5-4-6-8-20)24(22)18-11-15-21(16-12-18)33(3,31)32/h4-16,25H,1-3H3. The van der Waals surface area contributed by atoms with E-state index in [9.17, 15) is 17.2 Å². The van der Waals surface area contributed by atoms with Gasteiger partial charge in [0.15, 0.2) is 9.84 Å². The van der Waals surface area contributed by atoms with E-state index in [1.807, 2.05) is 37.2 Å². The molecule has 0 N–H and O–H groups in total. The Balaban J connectivity index is 2.01. The zero-order valence-corrected chi connectivity index (χ0v) is 19.2. The predicted octanol–water partition coefficient (Wildman–Crippen LogP) is 5.61. The van der Waals surface area contributed by atoms with Crippen molar-refractivity contribution in [1.82, 2.24) is 9.78 Å². The lowest BCUT2D eigenvalue weighted by molar-refractivity contribution is 0.146. The first kappa shape index (κ1) is 22.7. The Morgan fingerprint density at radius 1 is 0.848 bits per heavy atom. The molecular formula is C25H23F2N3O2S. The third-order valence-corrected chi connectivity index (χ3v) is 6.48. The van der Waals surface area contributed by atoms with Crippen LogP contribution in [0.4, 0.5) is 14.5 Å². The van der Waals surface area contributed by atoms with Crippen LogP contribution in [0, 0.1) is 0 Å². The number of halogens is 2. The fraction of sp³-hybridized carbons (Fsp3) is 0.160. The maximum atomic E-state index is 14.2. The lowest BCUT2D eigenvalue weighted by Crippen LogP contribution is -2.08. The van der Waals surface area contributed by atoms with Gasteiger partial charge in [0, 0.05) is 37.2 Å². The maximum absolute atomic E-state index is 14.2. The second-order valence-corrected chi connectivity index (χ2v) is 9.91. The fourth-order valence-corrected chi connectivity index (χ4v) is 4.31. The molecule has 0 aliphatic carbocycles. The van der Waals surface area contributed by atoms with E-state index in [1.54, 1.807) is 48.5 Å². The molecule has 0 spiro atoms. The summed E-state index contributed by atoms with van der Waals surface area (Å²) in [5.74, 6) is 0. The molecule has 1 aromatic heterocycles. The van der Waals surface area contributed by atoms with Crippen LogP contribution in [-0.2, 0) is 9.84 Å². The minimum atomic E-state index is -3.39. The Bertz CT molecular complexity index is 1360. The number of hydrogen-bond acceptors (Lipinski definition) is 4. The monoisotopic (exact) mass is 467 g/mol. The minimum Gasteiger partial charge on any atom is -0.378 e. The van der Waals surface area contributed by atoms with E-state index in [-0.39, 0.29) is 10.6 Å². The first-order valence-corrected chi connectivity index (χ1v) is 12.1. The van der Waals surface area contributed by atoms with Gasteiger partial charge in [-0.2, -0.15) is 5.10 Å². The van der Waals surface area contributed by atoms with Crippen LogP contribution >= 0.6 is 0 Å². The molecule has 0 saturated carbocycles. The minimum absolute atomic E-state index is 0.156. The van der Waals surface area contributed by atoms with Gasteiger partial charge in [-0.3, -0.25) is 0 Å². The zero-order chi connectivity index (χ0) is 23.8. The van der Waals surface area contributed by atoms with Crippen molar-refractivity contribution in [3.05, 3.63) is 84.6 Å². The SMILES string of the molecule is CN(C)c1ccc(-c2c(C(F)F)nn(-c3ccccc3)c2-c2ccc(S(C)(=O)=O)cc2)cc1. The molecule has 8 heteroatoms. The van der Waals surface area contributed by atoms with Gasteiger partial charge in [-0.15, -0.1) is 0 Å². The Morgan fingerprint density at radius 3 is 1.94 bits per heavy atom. The van der Waals surface area contributed by atoms with E-state index >= 15 is 0 Å². The van der Waals surface area contributed by atoms with Crippen LogP contribution in [0.15, 0.2) is 83.8 Å². The van der Waals surface area contributed by atoms with Gasteiger partial charge < -0.3 is 4.90 Å². The Morgan fingerprint density at radius 2 is 1.42 bits per heavy atom. The average Bonchev–Trinajstić information content (AvgIpc) is 3.20. The second-order valence-electron chi connectivity index (χ2n) is 7.89. The van der Waals surface area contributed by atoms with Crippen LogP contribution in [0.25, 0.3) is 28.1 Å². The normalized spacial score (nSPS) is 11.7. The molecule has 0 radical (unpaired) electrons. The van der Waals surface area contributed by atoms with Crippen LogP contribution in [0.3, 0.4) is 0 Å². The van der Waals surface area contributed by atoms with Crippen LogP contribution in [0.5, 0.6) is 0 Å². The van der Waals surface area contributed by atoms with Crippen molar-refractivity contribution >= 4 is 15.5 Å². The molecule has 5 nitrogen and oxygen atoms in total. The molecule has 170 valence electrons. The Kier molecular flexibility index (Phi) is 6.03. The number of aromatic nitrogens is 2. The number of sulfone groups is 1. The molecule has 0 saturated heterocycles. The molecule has 0 fully saturated rings. The quantitative estimate of drug-likeness (QED) is 0.370. The summed E-state index contributed by atoms with van der Waals surface area (Å²) in [4.78, 5) is 2.08. The molecule has 3 aromatic carbocycles. The average molecular weight is 468 g/mol. The summed E-state index contributed by atoms with van der Waals surface area (Å²) in [5, 5.41) is 4.30. The number of benzene rings is 3. The summed E-state index contributed by atoms with van der Waals surface area (Å²) in [5.41, 5.74) is 3.18. The molecule has 0 unspecified atom stereocenters. The lowest BCUT2D eigenvalue weighted by atomic mass is 9.98. The van der Waals surface area contributed by atoms with E-state index in [4.69, 9.17) is 0 Å². The van der Waals surface area contributed by atoms with Gasteiger partial charge in [0.25, 0.3) is 6.43 Å². The highest BCUT2D eigenvalue weighted by Gasteiger charge is 2.27. The van der Waals surface area contributed by atoms with Gasteiger partial charge in [0.05, 0.1) is 16.3 Å². The van der Waals surface area contributed by atoms with Crippen LogP contribution < -0.4 is 4.90 Å². The number of hydrogen-bond donors (Lipinski definition) is 0. The highest BCUT2D eigenvalue weighted by atomic mass is 32.2. The van der Waals surface area contributed by atoms with Gasteiger partial charge in [-0.05, 0) is 42.0 Å². The van der Waals surface area contributed by atoms with Crippen LogP contribution in [-0.4, -0.2) is 38.5 Å². The first-order valence-electron chi connectivity index (χ1n) is 10.2. The molecule has 0 amide bonds. The lowest BCUT2D eigenvalue weighted by Gasteiger charge is -2.14. The maximum Gasteiger partial charge on any atom is 0.282 e. The Labute approximate surface area is 191 Å². The van der Waals surface area contributed by atoms with Gasteiger partial charge in [0.1, 0.15) is 5.69 Å². The second kappa shape index (κ2) is 8.78.